The van der Waals surface area contributed by atoms with Crippen molar-refractivity contribution in [2.75, 3.05) is 18.9 Å². The maximum atomic E-state index is 12.8. The first-order chi connectivity index (χ1) is 13.9. The highest BCUT2D eigenvalue weighted by atomic mass is 32.2. The normalized spacial score (nSPS) is 14.8. The fraction of sp³-hybridized carbons (Fsp3) is 0.381. The molecule has 2 aromatic carbocycles. The molecule has 1 fully saturated rings. The molecule has 2 N–H and O–H groups in total. The number of methoxy groups -OCH3 is 2. The van der Waals surface area contributed by atoms with E-state index in [1.165, 1.54) is 38.8 Å². The van der Waals surface area contributed by atoms with Gasteiger partial charge in [0.15, 0.2) is 0 Å². The van der Waals surface area contributed by atoms with Crippen molar-refractivity contribution >= 4 is 21.6 Å². The van der Waals surface area contributed by atoms with Gasteiger partial charge in [0.2, 0.25) is 0 Å². The standard InChI is InChI=1S/C21H26N2O5S/c1-27-17-10-8-16(9-11-17)23-29(25,26)18-12-13-20(28-2)19(14-18)21(24)22-15-6-4-3-5-7-15/h8-15,23H,3-7H2,1-2H3,(H,22,24). The number of nitrogens with one attached hydrogen (secondary N) is 2. The number of sulfonamides is 1. The third kappa shape index (κ3) is 5.20. The molecule has 0 unspecified atom stereocenters. The monoisotopic (exact) mass is 418 g/mol. The number of anilines is 1. The fourth-order valence-electron chi connectivity index (χ4n) is 3.41. The van der Waals surface area contributed by atoms with E-state index in [2.05, 4.69) is 10.0 Å². The molecule has 2 aromatic rings. The van der Waals surface area contributed by atoms with Crippen LogP contribution in [-0.2, 0) is 10.0 Å². The molecule has 8 heteroatoms. The lowest BCUT2D eigenvalue weighted by Gasteiger charge is -2.23. The van der Waals surface area contributed by atoms with Gasteiger partial charge in [-0.3, -0.25) is 9.52 Å². The molecule has 0 radical (unpaired) electrons. The molecule has 0 heterocycles. The van der Waals surface area contributed by atoms with Crippen LogP contribution in [0, 0.1) is 0 Å². The summed E-state index contributed by atoms with van der Waals surface area (Å²) in [6, 6.07) is 10.9. The van der Waals surface area contributed by atoms with Gasteiger partial charge in [-0.25, -0.2) is 8.42 Å². The van der Waals surface area contributed by atoms with Gasteiger partial charge in [-0.2, -0.15) is 0 Å². The van der Waals surface area contributed by atoms with Crippen LogP contribution in [0.4, 0.5) is 5.69 Å². The molecule has 0 aliphatic heterocycles. The number of amides is 1. The van der Waals surface area contributed by atoms with E-state index in [4.69, 9.17) is 9.47 Å². The third-order valence-electron chi connectivity index (χ3n) is 5.01. The molecule has 0 bridgehead atoms. The molecule has 3 rings (SSSR count). The summed E-state index contributed by atoms with van der Waals surface area (Å²) < 4.78 is 38.5. The first kappa shape index (κ1) is 21.0. The fourth-order valence-corrected chi connectivity index (χ4v) is 4.50. The van der Waals surface area contributed by atoms with Gasteiger partial charge < -0.3 is 14.8 Å². The highest BCUT2D eigenvalue weighted by Gasteiger charge is 2.22. The van der Waals surface area contributed by atoms with Crippen molar-refractivity contribution in [3.05, 3.63) is 48.0 Å². The van der Waals surface area contributed by atoms with Crippen LogP contribution in [0.5, 0.6) is 11.5 Å². The second kappa shape index (κ2) is 9.17. The molecule has 0 atom stereocenters. The van der Waals surface area contributed by atoms with Crippen molar-refractivity contribution in [3.63, 3.8) is 0 Å². The van der Waals surface area contributed by atoms with Crippen LogP contribution in [0.1, 0.15) is 42.5 Å². The zero-order valence-corrected chi connectivity index (χ0v) is 17.4. The van der Waals surface area contributed by atoms with Crippen molar-refractivity contribution in [1.82, 2.24) is 5.32 Å². The quantitative estimate of drug-likeness (QED) is 0.717. The molecule has 1 aliphatic carbocycles. The van der Waals surface area contributed by atoms with E-state index < -0.39 is 10.0 Å². The molecule has 7 nitrogen and oxygen atoms in total. The molecular weight excluding hydrogens is 392 g/mol. The Balaban J connectivity index is 1.82. The highest BCUT2D eigenvalue weighted by Crippen LogP contribution is 2.26. The van der Waals surface area contributed by atoms with Gasteiger partial charge in [0.25, 0.3) is 15.9 Å². The molecular formula is C21H26N2O5S. The van der Waals surface area contributed by atoms with E-state index in [1.807, 2.05) is 0 Å². The van der Waals surface area contributed by atoms with Crippen LogP contribution in [0.25, 0.3) is 0 Å². The van der Waals surface area contributed by atoms with Crippen molar-refractivity contribution in [2.24, 2.45) is 0 Å². The van der Waals surface area contributed by atoms with Crippen molar-refractivity contribution in [1.29, 1.82) is 0 Å². The second-order valence-corrected chi connectivity index (χ2v) is 8.69. The molecule has 0 aromatic heterocycles. The Bertz CT molecular complexity index is 952. The number of carbonyl (C=O) groups excluding carboxylic acids is 1. The minimum absolute atomic E-state index is 0.0112. The summed E-state index contributed by atoms with van der Waals surface area (Å²) in [5.74, 6) is 0.635. The predicted molar refractivity (Wildman–Crippen MR) is 111 cm³/mol. The lowest BCUT2D eigenvalue weighted by Crippen LogP contribution is -2.36. The largest absolute Gasteiger partial charge is 0.497 e. The first-order valence-corrected chi connectivity index (χ1v) is 11.1. The van der Waals surface area contributed by atoms with Crippen LogP contribution in [-0.4, -0.2) is 34.6 Å². The number of carbonyl (C=O) groups is 1. The lowest BCUT2D eigenvalue weighted by molar-refractivity contribution is 0.0924. The van der Waals surface area contributed by atoms with Gasteiger partial charge >= 0.3 is 0 Å². The van der Waals surface area contributed by atoms with Crippen molar-refractivity contribution in [2.45, 2.75) is 43.0 Å². The Kier molecular flexibility index (Phi) is 6.64. The number of ether oxygens (including phenoxy) is 2. The first-order valence-electron chi connectivity index (χ1n) is 9.59. The van der Waals surface area contributed by atoms with Gasteiger partial charge in [-0.15, -0.1) is 0 Å². The minimum atomic E-state index is -3.87. The van der Waals surface area contributed by atoms with Gasteiger partial charge in [0.1, 0.15) is 11.5 Å². The maximum Gasteiger partial charge on any atom is 0.261 e. The van der Waals surface area contributed by atoms with E-state index in [1.54, 1.807) is 24.3 Å². The molecule has 0 spiro atoms. The van der Waals surface area contributed by atoms with Crippen LogP contribution in [0.3, 0.4) is 0 Å². The van der Waals surface area contributed by atoms with Gasteiger partial charge in [0.05, 0.1) is 24.7 Å². The summed E-state index contributed by atoms with van der Waals surface area (Å²) in [6.07, 6.45) is 5.22. The number of benzene rings is 2. The highest BCUT2D eigenvalue weighted by molar-refractivity contribution is 7.92. The van der Waals surface area contributed by atoms with E-state index in [0.717, 1.165) is 25.7 Å². The summed E-state index contributed by atoms with van der Waals surface area (Å²) >= 11 is 0. The van der Waals surface area contributed by atoms with Crippen LogP contribution >= 0.6 is 0 Å². The minimum Gasteiger partial charge on any atom is -0.497 e. The average molecular weight is 419 g/mol. The molecule has 1 saturated carbocycles. The molecule has 0 saturated heterocycles. The predicted octanol–water partition coefficient (Wildman–Crippen LogP) is 3.57. The SMILES string of the molecule is COc1ccc(NS(=O)(=O)c2ccc(OC)c(C(=O)NC3CCCCC3)c2)cc1. The summed E-state index contributed by atoms with van der Waals surface area (Å²) in [7, 11) is -0.880. The van der Waals surface area contributed by atoms with Gasteiger partial charge in [-0.05, 0) is 55.3 Å². The zero-order valence-electron chi connectivity index (χ0n) is 16.6. The van der Waals surface area contributed by atoms with Gasteiger partial charge in [0, 0.05) is 11.7 Å². The Morgan fingerprint density at radius 2 is 1.66 bits per heavy atom. The Labute approximate surface area is 171 Å². The summed E-state index contributed by atoms with van der Waals surface area (Å²) in [4.78, 5) is 12.8. The van der Waals surface area contributed by atoms with Crippen LogP contribution in [0.2, 0.25) is 0 Å². The van der Waals surface area contributed by atoms with E-state index >= 15 is 0 Å². The number of rotatable bonds is 7. The van der Waals surface area contributed by atoms with Crippen LogP contribution < -0.4 is 19.5 Å². The Morgan fingerprint density at radius 1 is 0.966 bits per heavy atom. The van der Waals surface area contributed by atoms with E-state index in [-0.39, 0.29) is 22.4 Å². The average Bonchev–Trinajstić information content (AvgIpc) is 2.74. The van der Waals surface area contributed by atoms with Crippen molar-refractivity contribution < 1.29 is 22.7 Å². The summed E-state index contributed by atoms with van der Waals surface area (Å²) in [5, 5.41) is 3.00. The lowest BCUT2D eigenvalue weighted by atomic mass is 9.95. The molecule has 1 amide bonds. The smallest absolute Gasteiger partial charge is 0.261 e. The second-order valence-electron chi connectivity index (χ2n) is 7.00. The third-order valence-corrected chi connectivity index (χ3v) is 6.39. The summed E-state index contributed by atoms with van der Waals surface area (Å²) in [5.41, 5.74) is 0.602. The van der Waals surface area contributed by atoms with E-state index in [0.29, 0.717) is 17.2 Å². The molecule has 156 valence electrons. The number of hydrogen-bond acceptors (Lipinski definition) is 5. The van der Waals surface area contributed by atoms with Crippen molar-refractivity contribution in [3.8, 4) is 11.5 Å². The maximum absolute atomic E-state index is 12.8. The van der Waals surface area contributed by atoms with E-state index in [9.17, 15) is 13.2 Å². The molecule has 1 aliphatic rings. The van der Waals surface area contributed by atoms with Crippen LogP contribution in [0.15, 0.2) is 47.4 Å². The Hall–Kier alpha value is -2.74. The number of hydrogen-bond donors (Lipinski definition) is 2. The Morgan fingerprint density at radius 3 is 2.28 bits per heavy atom. The summed E-state index contributed by atoms with van der Waals surface area (Å²) in [6.45, 7) is 0. The molecule has 29 heavy (non-hydrogen) atoms. The zero-order chi connectivity index (χ0) is 20.9. The topological polar surface area (TPSA) is 93.7 Å². The van der Waals surface area contributed by atoms with Gasteiger partial charge in [-0.1, -0.05) is 19.3 Å².